The molecule has 1 aromatic rings. The number of carbonyl (C=O) groups excluding carboxylic acids is 2. The topological polar surface area (TPSA) is 92.6 Å². The number of hydrogen-bond acceptors (Lipinski definition) is 6. The van der Waals surface area contributed by atoms with E-state index in [1.54, 1.807) is 25.0 Å². The zero-order valence-corrected chi connectivity index (χ0v) is 28.7. The average molecular weight is 609 g/mol. The van der Waals surface area contributed by atoms with Crippen LogP contribution in [0.3, 0.4) is 0 Å². The molecule has 1 aromatic carbocycles. The van der Waals surface area contributed by atoms with Gasteiger partial charge in [-0.15, -0.1) is 0 Å². The molecule has 0 spiro atoms. The van der Waals surface area contributed by atoms with Crippen molar-refractivity contribution in [2.24, 2.45) is 16.1 Å². The molecule has 8 nitrogen and oxygen atoms in total. The van der Waals surface area contributed by atoms with Crippen LogP contribution in [-0.2, 0) is 11.2 Å². The molecule has 0 bridgehead atoms. The summed E-state index contributed by atoms with van der Waals surface area (Å²) in [5.74, 6) is 0.496. The standard InChI is InChI=1S/C36H56N4O4/c1-10-15-18-29(8)38-39-34(27(6)12-3)31(20-16-11-2)21-17-19-28(7)37-35(41)32-23-22-30(26-33(32)43-9)24-25-40(13-4)36(42)44-14-5/h17,19-23,26-27H,10-16,18,24-25H2,1-9H3,(H,37,41)/b21-17-,28-19+,31-20-,38-29+,39-34+. The number of rotatable bonds is 19. The number of ether oxygens (including phenoxy) is 2. The molecule has 0 aliphatic heterocycles. The van der Waals surface area contributed by atoms with Crippen molar-refractivity contribution < 1.29 is 19.1 Å². The molecule has 1 N–H and O–H groups in total. The number of likely N-dealkylation sites (N-methyl/N-ethyl adjacent to an activating group) is 1. The third-order valence-electron chi connectivity index (χ3n) is 7.27. The van der Waals surface area contributed by atoms with Gasteiger partial charge < -0.3 is 19.7 Å². The van der Waals surface area contributed by atoms with Crippen molar-refractivity contribution in [2.75, 3.05) is 26.8 Å². The third-order valence-corrected chi connectivity index (χ3v) is 7.27. The van der Waals surface area contributed by atoms with E-state index in [1.807, 2.05) is 45.1 Å². The van der Waals surface area contributed by atoms with E-state index in [1.165, 1.54) is 0 Å². The second-order valence-electron chi connectivity index (χ2n) is 10.9. The molecule has 0 saturated heterocycles. The summed E-state index contributed by atoms with van der Waals surface area (Å²) in [6, 6.07) is 5.50. The fourth-order valence-corrected chi connectivity index (χ4v) is 4.33. The first-order valence-electron chi connectivity index (χ1n) is 16.2. The highest BCUT2D eigenvalue weighted by molar-refractivity contribution is 6.04. The predicted molar refractivity (Wildman–Crippen MR) is 184 cm³/mol. The van der Waals surface area contributed by atoms with Crippen molar-refractivity contribution in [3.63, 3.8) is 0 Å². The Kier molecular flexibility index (Phi) is 19.1. The maximum absolute atomic E-state index is 13.1. The smallest absolute Gasteiger partial charge is 0.409 e. The number of unbranched alkanes of at least 4 members (excludes halogenated alkanes) is 2. The van der Waals surface area contributed by atoms with Gasteiger partial charge >= 0.3 is 6.09 Å². The summed E-state index contributed by atoms with van der Waals surface area (Å²) in [6.07, 6.45) is 14.6. The molecule has 2 amide bonds. The van der Waals surface area contributed by atoms with E-state index in [4.69, 9.17) is 14.6 Å². The van der Waals surface area contributed by atoms with Crippen LogP contribution in [0.2, 0.25) is 0 Å². The molecule has 0 saturated carbocycles. The summed E-state index contributed by atoms with van der Waals surface area (Å²) in [4.78, 5) is 26.9. The van der Waals surface area contributed by atoms with Gasteiger partial charge in [0.25, 0.3) is 5.91 Å². The highest BCUT2D eigenvalue weighted by Crippen LogP contribution is 2.22. The van der Waals surface area contributed by atoms with E-state index in [9.17, 15) is 9.59 Å². The molecule has 1 unspecified atom stereocenters. The zero-order chi connectivity index (χ0) is 32.9. The average Bonchev–Trinajstić information content (AvgIpc) is 3.02. The summed E-state index contributed by atoms with van der Waals surface area (Å²) in [5, 5.41) is 12.2. The van der Waals surface area contributed by atoms with Crippen LogP contribution in [0.15, 0.2) is 64.0 Å². The molecule has 1 atom stereocenters. The van der Waals surface area contributed by atoms with E-state index < -0.39 is 0 Å². The fraction of sp³-hybridized carbons (Fsp3) is 0.556. The fourth-order valence-electron chi connectivity index (χ4n) is 4.33. The quantitative estimate of drug-likeness (QED) is 0.0966. The maximum Gasteiger partial charge on any atom is 0.409 e. The number of nitrogens with one attached hydrogen (secondary N) is 1. The van der Waals surface area contributed by atoms with Gasteiger partial charge in [0, 0.05) is 30.4 Å². The second kappa shape index (κ2) is 21.9. The lowest BCUT2D eigenvalue weighted by Crippen LogP contribution is -2.33. The highest BCUT2D eigenvalue weighted by atomic mass is 16.6. The van der Waals surface area contributed by atoms with Gasteiger partial charge in [0.2, 0.25) is 0 Å². The van der Waals surface area contributed by atoms with Crippen LogP contribution in [0.5, 0.6) is 5.75 Å². The van der Waals surface area contributed by atoms with Crippen molar-refractivity contribution in [1.29, 1.82) is 0 Å². The van der Waals surface area contributed by atoms with Gasteiger partial charge in [0.05, 0.1) is 25.0 Å². The van der Waals surface area contributed by atoms with Crippen molar-refractivity contribution in [1.82, 2.24) is 10.2 Å². The molecular formula is C36H56N4O4. The molecule has 0 aromatic heterocycles. The van der Waals surface area contributed by atoms with Crippen LogP contribution in [0.1, 0.15) is 110 Å². The predicted octanol–water partition coefficient (Wildman–Crippen LogP) is 8.69. The Bertz CT molecular complexity index is 1200. The minimum absolute atomic E-state index is 0.252. The molecular weight excluding hydrogens is 552 g/mol. The van der Waals surface area contributed by atoms with Gasteiger partial charge in [-0.2, -0.15) is 10.2 Å². The highest BCUT2D eigenvalue weighted by Gasteiger charge is 2.16. The van der Waals surface area contributed by atoms with Gasteiger partial charge in [-0.3, -0.25) is 4.79 Å². The Hall–Kier alpha value is -3.68. The van der Waals surface area contributed by atoms with E-state index >= 15 is 0 Å². The first kappa shape index (κ1) is 38.3. The van der Waals surface area contributed by atoms with Crippen molar-refractivity contribution in [3.05, 3.63) is 64.9 Å². The maximum atomic E-state index is 13.1. The summed E-state index contributed by atoms with van der Waals surface area (Å²) in [6.45, 7) is 17.7. The van der Waals surface area contributed by atoms with Crippen molar-refractivity contribution in [2.45, 2.75) is 100 Å². The number of hydrogen-bond donors (Lipinski definition) is 1. The molecule has 8 heteroatoms. The first-order chi connectivity index (χ1) is 21.1. The van der Waals surface area contributed by atoms with E-state index in [0.717, 1.165) is 61.1 Å². The van der Waals surface area contributed by atoms with Crippen LogP contribution in [0.25, 0.3) is 0 Å². The number of amides is 2. The lowest BCUT2D eigenvalue weighted by atomic mass is 9.94. The van der Waals surface area contributed by atoms with Crippen molar-refractivity contribution in [3.8, 4) is 5.75 Å². The minimum atomic E-state index is -0.323. The van der Waals surface area contributed by atoms with Gasteiger partial charge in [0.15, 0.2) is 0 Å². The first-order valence-corrected chi connectivity index (χ1v) is 16.2. The Morgan fingerprint density at radius 3 is 2.43 bits per heavy atom. The number of benzene rings is 1. The number of allylic oxidation sites excluding steroid dienone is 6. The molecule has 0 radical (unpaired) electrons. The monoisotopic (exact) mass is 608 g/mol. The molecule has 0 fully saturated rings. The Morgan fingerprint density at radius 1 is 1.07 bits per heavy atom. The summed E-state index contributed by atoms with van der Waals surface area (Å²) >= 11 is 0. The summed E-state index contributed by atoms with van der Waals surface area (Å²) in [5.41, 5.74) is 5.20. The zero-order valence-electron chi connectivity index (χ0n) is 28.7. The lowest BCUT2D eigenvalue weighted by molar-refractivity contribution is 0.0962. The van der Waals surface area contributed by atoms with Crippen LogP contribution < -0.4 is 10.1 Å². The lowest BCUT2D eigenvalue weighted by Gasteiger charge is -2.20. The minimum Gasteiger partial charge on any atom is -0.496 e. The molecule has 0 aliphatic rings. The van der Waals surface area contributed by atoms with E-state index in [0.29, 0.717) is 43.1 Å². The summed E-state index contributed by atoms with van der Waals surface area (Å²) in [7, 11) is 1.55. The van der Waals surface area contributed by atoms with Crippen LogP contribution in [-0.4, -0.2) is 55.1 Å². The largest absolute Gasteiger partial charge is 0.496 e. The van der Waals surface area contributed by atoms with E-state index in [-0.39, 0.29) is 17.9 Å². The van der Waals surface area contributed by atoms with E-state index in [2.05, 4.69) is 50.3 Å². The van der Waals surface area contributed by atoms with Gasteiger partial charge in [0.1, 0.15) is 5.75 Å². The Labute approximate surface area is 266 Å². The number of methoxy groups -OCH3 is 1. The SMILES string of the molecule is CCC/C=C(/C=C\C=C(/C)NC(=O)c1ccc(CCN(CC)C(=O)OCC)cc1OC)C(=N\N=C(/C)CCCC)\C(C)CC. The second-order valence-corrected chi connectivity index (χ2v) is 10.9. The van der Waals surface area contributed by atoms with Crippen LogP contribution in [0.4, 0.5) is 4.79 Å². The molecule has 44 heavy (non-hydrogen) atoms. The molecule has 1 rings (SSSR count). The number of carbonyl (C=O) groups is 2. The van der Waals surface area contributed by atoms with Crippen molar-refractivity contribution >= 4 is 23.4 Å². The van der Waals surface area contributed by atoms with Gasteiger partial charge in [-0.05, 0) is 89.1 Å². The van der Waals surface area contributed by atoms with Gasteiger partial charge in [-0.25, -0.2) is 4.79 Å². The van der Waals surface area contributed by atoms with Gasteiger partial charge in [-0.1, -0.05) is 64.8 Å². The molecule has 244 valence electrons. The summed E-state index contributed by atoms with van der Waals surface area (Å²) < 4.78 is 10.7. The Morgan fingerprint density at radius 2 is 1.82 bits per heavy atom. The van der Waals surface area contributed by atoms with Crippen LogP contribution >= 0.6 is 0 Å². The normalized spacial score (nSPS) is 13.7. The van der Waals surface area contributed by atoms with Crippen LogP contribution in [0, 0.1) is 5.92 Å². The Balaban J connectivity index is 3.09. The third kappa shape index (κ3) is 13.7. The molecule has 0 heterocycles. The molecule has 0 aliphatic carbocycles. The number of nitrogens with zero attached hydrogens (tertiary/aromatic N) is 3.